The number of hydrogen-bond acceptors (Lipinski definition) is 3. The predicted molar refractivity (Wildman–Crippen MR) is 115 cm³/mol. The Morgan fingerprint density at radius 1 is 1.33 bits per heavy atom. The van der Waals surface area contributed by atoms with Crippen molar-refractivity contribution in [2.75, 3.05) is 13.6 Å². The smallest absolute Gasteiger partial charge is 0.191 e. The number of nitrogens with zero attached hydrogens (tertiary/aromatic N) is 2. The maximum atomic E-state index is 4.56. The van der Waals surface area contributed by atoms with Crippen LogP contribution in [0.25, 0.3) is 0 Å². The van der Waals surface area contributed by atoms with Crippen molar-refractivity contribution in [1.29, 1.82) is 0 Å². The third-order valence-corrected chi connectivity index (χ3v) is 4.79. The molecule has 132 valence electrons. The van der Waals surface area contributed by atoms with Gasteiger partial charge in [-0.25, -0.2) is 4.98 Å². The Morgan fingerprint density at radius 2 is 2.12 bits per heavy atom. The molecule has 0 bridgehead atoms. The van der Waals surface area contributed by atoms with Gasteiger partial charge in [0.05, 0.1) is 17.2 Å². The topological polar surface area (TPSA) is 49.3 Å². The molecule has 0 aliphatic rings. The van der Waals surface area contributed by atoms with Crippen LogP contribution in [0.15, 0.2) is 34.6 Å². The van der Waals surface area contributed by atoms with Gasteiger partial charge in [-0.05, 0) is 24.8 Å². The summed E-state index contributed by atoms with van der Waals surface area (Å²) in [6.07, 6.45) is 0.992. The average Bonchev–Trinajstić information content (AvgIpc) is 3.03. The molecule has 2 rings (SSSR count). The number of aliphatic imine (C=N–C) groups is 1. The third kappa shape index (κ3) is 6.39. The zero-order valence-electron chi connectivity index (χ0n) is 14.8. The van der Waals surface area contributed by atoms with Crippen LogP contribution in [0.4, 0.5) is 0 Å². The van der Waals surface area contributed by atoms with E-state index in [-0.39, 0.29) is 24.0 Å². The Bertz CT molecular complexity index is 654. The SMILES string of the molecule is CCc1nc(CNC(=NC)NCC(C)c2cccc(C)c2)cs1.I. The molecule has 2 aromatic rings. The van der Waals surface area contributed by atoms with Gasteiger partial charge in [0, 0.05) is 19.0 Å². The van der Waals surface area contributed by atoms with Gasteiger partial charge in [0.15, 0.2) is 5.96 Å². The molecule has 0 fully saturated rings. The summed E-state index contributed by atoms with van der Waals surface area (Å²) in [4.78, 5) is 8.84. The molecule has 24 heavy (non-hydrogen) atoms. The summed E-state index contributed by atoms with van der Waals surface area (Å²) >= 11 is 1.71. The highest BCUT2D eigenvalue weighted by Crippen LogP contribution is 2.15. The molecule has 1 heterocycles. The van der Waals surface area contributed by atoms with Crippen molar-refractivity contribution in [1.82, 2.24) is 15.6 Å². The third-order valence-electron chi connectivity index (χ3n) is 3.75. The zero-order valence-corrected chi connectivity index (χ0v) is 17.9. The zero-order chi connectivity index (χ0) is 16.7. The number of nitrogens with one attached hydrogen (secondary N) is 2. The fourth-order valence-electron chi connectivity index (χ4n) is 2.33. The van der Waals surface area contributed by atoms with Crippen molar-refractivity contribution in [3.8, 4) is 0 Å². The van der Waals surface area contributed by atoms with Crippen molar-refractivity contribution >= 4 is 41.3 Å². The van der Waals surface area contributed by atoms with Gasteiger partial charge in [-0.2, -0.15) is 0 Å². The van der Waals surface area contributed by atoms with Crippen molar-refractivity contribution in [2.24, 2.45) is 4.99 Å². The number of hydrogen-bond donors (Lipinski definition) is 2. The molecule has 1 atom stereocenters. The number of benzene rings is 1. The first-order valence-electron chi connectivity index (χ1n) is 8.06. The molecule has 0 aliphatic carbocycles. The second-order valence-electron chi connectivity index (χ2n) is 5.71. The fraction of sp³-hybridized carbons (Fsp3) is 0.444. The number of guanidine groups is 1. The van der Waals surface area contributed by atoms with Crippen molar-refractivity contribution in [2.45, 2.75) is 39.7 Å². The van der Waals surface area contributed by atoms with Crippen LogP contribution < -0.4 is 10.6 Å². The van der Waals surface area contributed by atoms with E-state index in [0.717, 1.165) is 24.6 Å². The maximum absolute atomic E-state index is 4.56. The van der Waals surface area contributed by atoms with Gasteiger partial charge in [-0.15, -0.1) is 35.3 Å². The van der Waals surface area contributed by atoms with E-state index >= 15 is 0 Å². The van der Waals surface area contributed by atoms with E-state index in [4.69, 9.17) is 0 Å². The van der Waals surface area contributed by atoms with E-state index < -0.39 is 0 Å². The Hall–Kier alpha value is -1.15. The maximum Gasteiger partial charge on any atom is 0.191 e. The number of aryl methyl sites for hydroxylation is 2. The molecule has 2 N–H and O–H groups in total. The van der Waals surface area contributed by atoms with Gasteiger partial charge >= 0.3 is 0 Å². The van der Waals surface area contributed by atoms with Gasteiger partial charge in [0.2, 0.25) is 0 Å². The summed E-state index contributed by atoms with van der Waals surface area (Å²) in [6.45, 7) is 8.03. The molecule has 4 nitrogen and oxygen atoms in total. The quantitative estimate of drug-likeness (QED) is 0.389. The number of thiazole rings is 1. The second-order valence-corrected chi connectivity index (χ2v) is 6.65. The molecule has 1 aromatic carbocycles. The largest absolute Gasteiger partial charge is 0.356 e. The first kappa shape index (κ1) is 20.9. The lowest BCUT2D eigenvalue weighted by Gasteiger charge is -2.16. The fourth-order valence-corrected chi connectivity index (χ4v) is 3.08. The van der Waals surface area contributed by atoms with Gasteiger partial charge in [0.25, 0.3) is 0 Å². The molecular formula is C18H27IN4S. The van der Waals surface area contributed by atoms with Crippen molar-refractivity contribution in [3.05, 3.63) is 51.5 Å². The Labute approximate surface area is 166 Å². The van der Waals surface area contributed by atoms with Crippen LogP contribution in [0.1, 0.15) is 41.6 Å². The molecule has 0 aliphatic heterocycles. The van der Waals surface area contributed by atoms with Crippen molar-refractivity contribution < 1.29 is 0 Å². The highest BCUT2D eigenvalue weighted by atomic mass is 127. The lowest BCUT2D eigenvalue weighted by atomic mass is 9.99. The molecule has 1 unspecified atom stereocenters. The molecular weight excluding hydrogens is 431 g/mol. The molecule has 1 aromatic heterocycles. The normalized spacial score (nSPS) is 12.4. The minimum absolute atomic E-state index is 0. The van der Waals surface area contributed by atoms with E-state index in [2.05, 4.69) is 71.0 Å². The number of halogens is 1. The minimum atomic E-state index is 0. The Balaban J connectivity index is 0.00000288. The summed E-state index contributed by atoms with van der Waals surface area (Å²) in [5, 5.41) is 10.0. The first-order valence-corrected chi connectivity index (χ1v) is 8.94. The summed E-state index contributed by atoms with van der Waals surface area (Å²) < 4.78 is 0. The Kier molecular flexibility index (Phi) is 9.28. The van der Waals surface area contributed by atoms with E-state index in [1.165, 1.54) is 16.1 Å². The van der Waals surface area contributed by atoms with Crippen LogP contribution in [-0.4, -0.2) is 24.5 Å². The van der Waals surface area contributed by atoms with Gasteiger partial charge in [0.1, 0.15) is 0 Å². The molecule has 0 saturated heterocycles. The monoisotopic (exact) mass is 458 g/mol. The highest BCUT2D eigenvalue weighted by molar-refractivity contribution is 14.0. The molecule has 0 spiro atoms. The second kappa shape index (κ2) is 10.7. The van der Waals surface area contributed by atoms with Crippen LogP contribution in [0.3, 0.4) is 0 Å². The Morgan fingerprint density at radius 3 is 2.75 bits per heavy atom. The van der Waals surface area contributed by atoms with Crippen LogP contribution >= 0.6 is 35.3 Å². The van der Waals surface area contributed by atoms with Gasteiger partial charge in [-0.3, -0.25) is 4.99 Å². The highest BCUT2D eigenvalue weighted by Gasteiger charge is 2.07. The number of rotatable bonds is 6. The van der Waals surface area contributed by atoms with E-state index in [1.807, 2.05) is 0 Å². The first-order chi connectivity index (χ1) is 11.1. The lowest BCUT2D eigenvalue weighted by molar-refractivity contribution is 0.696. The molecule has 6 heteroatoms. The lowest BCUT2D eigenvalue weighted by Crippen LogP contribution is -2.38. The molecule has 0 saturated carbocycles. The van der Waals surface area contributed by atoms with E-state index in [9.17, 15) is 0 Å². The van der Waals surface area contributed by atoms with E-state index in [0.29, 0.717) is 12.5 Å². The van der Waals surface area contributed by atoms with Gasteiger partial charge in [-0.1, -0.05) is 43.7 Å². The van der Waals surface area contributed by atoms with Gasteiger partial charge < -0.3 is 10.6 Å². The molecule has 0 radical (unpaired) electrons. The predicted octanol–water partition coefficient (Wildman–Crippen LogP) is 4.10. The summed E-state index contributed by atoms with van der Waals surface area (Å²) in [5.74, 6) is 1.25. The molecule has 0 amide bonds. The van der Waals surface area contributed by atoms with E-state index in [1.54, 1.807) is 18.4 Å². The van der Waals surface area contributed by atoms with Crippen molar-refractivity contribution in [3.63, 3.8) is 0 Å². The number of aromatic nitrogens is 1. The van der Waals surface area contributed by atoms with Crippen LogP contribution in [0, 0.1) is 6.92 Å². The summed E-state index contributed by atoms with van der Waals surface area (Å²) in [5.41, 5.74) is 3.72. The van der Waals surface area contributed by atoms with Crippen LogP contribution in [0.5, 0.6) is 0 Å². The summed E-state index contributed by atoms with van der Waals surface area (Å²) in [6, 6.07) is 8.66. The standard InChI is InChI=1S/C18H26N4S.HI/c1-5-17-22-16(12-23-17)11-21-18(19-4)20-10-14(3)15-8-6-7-13(2)9-15;/h6-9,12,14H,5,10-11H2,1-4H3,(H2,19,20,21);1H. The van der Waals surface area contributed by atoms with Crippen LogP contribution in [-0.2, 0) is 13.0 Å². The average molecular weight is 458 g/mol. The summed E-state index contributed by atoms with van der Waals surface area (Å²) in [7, 11) is 1.80. The van der Waals surface area contributed by atoms with Crippen LogP contribution in [0.2, 0.25) is 0 Å². The minimum Gasteiger partial charge on any atom is -0.356 e.